The monoisotopic (exact) mass is 346 g/mol. The highest BCUT2D eigenvalue weighted by molar-refractivity contribution is 9.10. The zero-order chi connectivity index (χ0) is 14.7. The van der Waals surface area contributed by atoms with Crippen LogP contribution in [0.15, 0.2) is 41.1 Å². The minimum Gasteiger partial charge on any atom is -0.369 e. The molecule has 4 nitrogen and oxygen atoms in total. The van der Waals surface area contributed by atoms with Crippen LogP contribution in [0.1, 0.15) is 31.2 Å². The number of nitrogens with zero attached hydrogens (tertiary/aromatic N) is 2. The van der Waals surface area contributed by atoms with E-state index in [9.17, 15) is 0 Å². The first-order valence-electron chi connectivity index (χ1n) is 7.35. The molecule has 0 radical (unpaired) electrons. The van der Waals surface area contributed by atoms with E-state index in [-0.39, 0.29) is 0 Å². The van der Waals surface area contributed by atoms with Gasteiger partial charge in [-0.3, -0.25) is 0 Å². The summed E-state index contributed by atoms with van der Waals surface area (Å²) in [5.41, 5.74) is 1.39. The first kappa shape index (κ1) is 14.3. The Balaban J connectivity index is 1.67. The number of hydrogen-bond acceptors (Lipinski definition) is 4. The first-order chi connectivity index (χ1) is 10.3. The fourth-order valence-corrected chi connectivity index (χ4v) is 2.90. The predicted molar refractivity (Wildman–Crippen MR) is 89.7 cm³/mol. The van der Waals surface area contributed by atoms with E-state index in [0.29, 0.717) is 12.0 Å². The van der Waals surface area contributed by atoms with Crippen molar-refractivity contribution >= 4 is 27.6 Å². The molecule has 5 heteroatoms. The Morgan fingerprint density at radius 2 is 1.95 bits per heavy atom. The van der Waals surface area contributed by atoms with Crippen LogP contribution in [0.25, 0.3) is 0 Å². The van der Waals surface area contributed by atoms with Gasteiger partial charge >= 0.3 is 0 Å². The van der Waals surface area contributed by atoms with Crippen molar-refractivity contribution in [2.75, 3.05) is 17.2 Å². The summed E-state index contributed by atoms with van der Waals surface area (Å²) in [4.78, 5) is 8.62. The normalized spacial score (nSPS) is 20.1. The molecule has 0 spiro atoms. The van der Waals surface area contributed by atoms with E-state index in [4.69, 9.17) is 0 Å². The number of rotatable bonds is 6. The molecular weight excluding hydrogens is 328 g/mol. The lowest BCUT2D eigenvalue weighted by Gasteiger charge is -2.11. The zero-order valence-corrected chi connectivity index (χ0v) is 13.6. The van der Waals surface area contributed by atoms with Crippen molar-refractivity contribution in [3.63, 3.8) is 0 Å². The molecule has 1 aromatic heterocycles. The van der Waals surface area contributed by atoms with Gasteiger partial charge in [-0.15, -0.1) is 0 Å². The maximum Gasteiger partial charge on any atom is 0.146 e. The van der Waals surface area contributed by atoms with Crippen LogP contribution in [0, 0.1) is 0 Å². The average Bonchev–Trinajstić information content (AvgIpc) is 3.28. The van der Waals surface area contributed by atoms with Gasteiger partial charge in [0.1, 0.15) is 22.4 Å². The number of benzene rings is 1. The standard InChI is InChI=1S/C16H19BrN4/c1-2-8-18-15-14(17)16(20-10-19-15)21-13-9-12(13)11-6-4-3-5-7-11/h3-7,10,12-13H,2,8-9H2,1H3,(H2,18,19,20,21). The summed E-state index contributed by atoms with van der Waals surface area (Å²) in [5, 5.41) is 6.81. The van der Waals surface area contributed by atoms with Gasteiger partial charge in [-0.1, -0.05) is 37.3 Å². The number of halogens is 1. The van der Waals surface area contributed by atoms with Crippen molar-refractivity contribution in [3.8, 4) is 0 Å². The van der Waals surface area contributed by atoms with Crippen LogP contribution in [-0.4, -0.2) is 22.6 Å². The second-order valence-electron chi connectivity index (χ2n) is 5.32. The molecule has 2 atom stereocenters. The average molecular weight is 347 g/mol. The number of anilines is 2. The quantitative estimate of drug-likeness (QED) is 0.828. The van der Waals surface area contributed by atoms with Crippen LogP contribution in [0.5, 0.6) is 0 Å². The third-order valence-corrected chi connectivity index (χ3v) is 4.42. The Morgan fingerprint density at radius 3 is 2.71 bits per heavy atom. The third kappa shape index (κ3) is 3.35. The predicted octanol–water partition coefficient (Wildman–Crippen LogP) is 4.03. The minimum absolute atomic E-state index is 0.456. The lowest BCUT2D eigenvalue weighted by atomic mass is 10.1. The number of aromatic nitrogens is 2. The van der Waals surface area contributed by atoms with Crippen LogP contribution >= 0.6 is 15.9 Å². The smallest absolute Gasteiger partial charge is 0.146 e. The van der Waals surface area contributed by atoms with Crippen molar-refractivity contribution in [3.05, 3.63) is 46.7 Å². The highest BCUT2D eigenvalue weighted by Gasteiger charge is 2.38. The minimum atomic E-state index is 0.456. The molecule has 1 aliphatic rings. The molecule has 0 bridgehead atoms. The fourth-order valence-electron chi connectivity index (χ4n) is 2.44. The molecule has 1 fully saturated rings. The zero-order valence-electron chi connectivity index (χ0n) is 12.0. The summed E-state index contributed by atoms with van der Waals surface area (Å²) in [6, 6.07) is 11.1. The van der Waals surface area contributed by atoms with Crippen molar-refractivity contribution in [1.29, 1.82) is 0 Å². The molecule has 1 aromatic carbocycles. The maximum absolute atomic E-state index is 4.35. The Kier molecular flexibility index (Phi) is 4.39. The molecule has 2 aromatic rings. The van der Waals surface area contributed by atoms with Gasteiger partial charge in [0.15, 0.2) is 0 Å². The Morgan fingerprint density at radius 1 is 1.19 bits per heavy atom. The van der Waals surface area contributed by atoms with Crippen molar-refractivity contribution in [1.82, 2.24) is 9.97 Å². The Hall–Kier alpha value is -1.62. The maximum atomic E-state index is 4.35. The molecule has 0 aliphatic heterocycles. The molecule has 1 saturated carbocycles. The molecule has 0 amide bonds. The molecule has 0 saturated heterocycles. The van der Waals surface area contributed by atoms with E-state index in [2.05, 4.69) is 73.8 Å². The van der Waals surface area contributed by atoms with E-state index in [0.717, 1.165) is 35.5 Å². The van der Waals surface area contributed by atoms with Crippen molar-refractivity contribution < 1.29 is 0 Å². The number of hydrogen-bond donors (Lipinski definition) is 2. The molecule has 2 unspecified atom stereocenters. The van der Waals surface area contributed by atoms with E-state index in [1.165, 1.54) is 5.56 Å². The van der Waals surface area contributed by atoms with Gasteiger partial charge < -0.3 is 10.6 Å². The third-order valence-electron chi connectivity index (χ3n) is 3.67. The van der Waals surface area contributed by atoms with Gasteiger partial charge in [0.05, 0.1) is 0 Å². The van der Waals surface area contributed by atoms with Crippen LogP contribution in [-0.2, 0) is 0 Å². The second-order valence-corrected chi connectivity index (χ2v) is 6.11. The summed E-state index contributed by atoms with van der Waals surface area (Å²) in [7, 11) is 0. The molecule has 3 rings (SSSR count). The topological polar surface area (TPSA) is 49.8 Å². The fraction of sp³-hybridized carbons (Fsp3) is 0.375. The Labute approximate surface area is 133 Å². The van der Waals surface area contributed by atoms with Gasteiger partial charge in [0.2, 0.25) is 0 Å². The lowest BCUT2D eigenvalue weighted by Crippen LogP contribution is -2.09. The van der Waals surface area contributed by atoms with Crippen LogP contribution in [0.2, 0.25) is 0 Å². The summed E-state index contributed by atoms with van der Waals surface area (Å²) in [6.07, 6.45) is 3.82. The first-order valence-corrected chi connectivity index (χ1v) is 8.14. The molecule has 21 heavy (non-hydrogen) atoms. The van der Waals surface area contributed by atoms with Gasteiger partial charge in [-0.25, -0.2) is 9.97 Å². The summed E-state index contributed by atoms with van der Waals surface area (Å²) in [6.45, 7) is 3.04. The van der Waals surface area contributed by atoms with Gasteiger partial charge in [-0.2, -0.15) is 0 Å². The highest BCUT2D eigenvalue weighted by Crippen LogP contribution is 2.43. The molecule has 1 aliphatic carbocycles. The lowest BCUT2D eigenvalue weighted by molar-refractivity contribution is 0.958. The van der Waals surface area contributed by atoms with Crippen molar-refractivity contribution in [2.24, 2.45) is 0 Å². The van der Waals surface area contributed by atoms with E-state index in [1.54, 1.807) is 6.33 Å². The largest absolute Gasteiger partial charge is 0.369 e. The van der Waals surface area contributed by atoms with E-state index in [1.807, 2.05) is 0 Å². The SMILES string of the molecule is CCCNc1ncnc(NC2CC2c2ccccc2)c1Br. The molecule has 1 heterocycles. The highest BCUT2D eigenvalue weighted by atomic mass is 79.9. The summed E-state index contributed by atoms with van der Waals surface area (Å²) >= 11 is 3.59. The summed E-state index contributed by atoms with van der Waals surface area (Å²) in [5.74, 6) is 2.30. The Bertz CT molecular complexity index is 602. The van der Waals surface area contributed by atoms with Crippen LogP contribution in [0.3, 0.4) is 0 Å². The molecule has 2 N–H and O–H groups in total. The van der Waals surface area contributed by atoms with E-state index < -0.39 is 0 Å². The van der Waals surface area contributed by atoms with Crippen LogP contribution in [0.4, 0.5) is 11.6 Å². The molecular formula is C16H19BrN4. The molecule has 110 valence electrons. The van der Waals surface area contributed by atoms with Crippen LogP contribution < -0.4 is 10.6 Å². The van der Waals surface area contributed by atoms with Gasteiger partial charge in [0, 0.05) is 18.5 Å². The van der Waals surface area contributed by atoms with Gasteiger partial charge in [0.25, 0.3) is 0 Å². The second kappa shape index (κ2) is 6.43. The summed E-state index contributed by atoms with van der Waals surface area (Å²) < 4.78 is 0.914. The van der Waals surface area contributed by atoms with Gasteiger partial charge in [-0.05, 0) is 34.3 Å². The van der Waals surface area contributed by atoms with E-state index >= 15 is 0 Å². The van der Waals surface area contributed by atoms with Crippen molar-refractivity contribution in [2.45, 2.75) is 31.7 Å². The number of nitrogens with one attached hydrogen (secondary N) is 2.